The first kappa shape index (κ1) is 13.6. The van der Waals surface area contributed by atoms with Gasteiger partial charge in [-0.2, -0.15) is 9.40 Å². The van der Waals surface area contributed by atoms with Crippen LogP contribution >= 0.6 is 0 Å². The van der Waals surface area contributed by atoms with Crippen LogP contribution in [-0.4, -0.2) is 29.5 Å². The Labute approximate surface area is 112 Å². The van der Waals surface area contributed by atoms with Gasteiger partial charge in [0.2, 0.25) is 10.0 Å². The Bertz CT molecular complexity index is 620. The number of nitrogens with one attached hydrogen (secondary N) is 1. The van der Waals surface area contributed by atoms with Crippen LogP contribution in [-0.2, 0) is 16.6 Å². The van der Waals surface area contributed by atoms with Crippen molar-refractivity contribution < 1.29 is 8.42 Å². The molecule has 1 aromatic heterocycles. The van der Waals surface area contributed by atoms with Crippen LogP contribution in [0.4, 0.5) is 5.69 Å². The van der Waals surface area contributed by atoms with Gasteiger partial charge < -0.3 is 5.73 Å². The number of rotatable bonds is 5. The Balaban J connectivity index is 2.23. The summed E-state index contributed by atoms with van der Waals surface area (Å²) in [7, 11) is -3.51. The van der Waals surface area contributed by atoms with Crippen LogP contribution in [0.1, 0.15) is 12.5 Å². The molecule has 7 heteroatoms. The minimum absolute atomic E-state index is 0.171. The third-order valence-electron chi connectivity index (χ3n) is 2.80. The second-order valence-electron chi connectivity index (χ2n) is 4.11. The van der Waals surface area contributed by atoms with E-state index in [1.165, 1.54) is 16.7 Å². The summed E-state index contributed by atoms with van der Waals surface area (Å²) in [6.45, 7) is 2.50. The molecule has 0 aliphatic rings. The van der Waals surface area contributed by atoms with Crippen molar-refractivity contribution in [3.8, 4) is 0 Å². The smallest absolute Gasteiger partial charge is 0.246 e. The number of sulfonamides is 1. The summed E-state index contributed by atoms with van der Waals surface area (Å²) in [5.41, 5.74) is 7.16. The number of anilines is 1. The monoisotopic (exact) mass is 280 g/mol. The Hall–Kier alpha value is -1.86. The van der Waals surface area contributed by atoms with E-state index in [2.05, 4.69) is 10.2 Å². The number of aromatic amines is 1. The lowest BCUT2D eigenvalue weighted by atomic mass is 10.2. The van der Waals surface area contributed by atoms with E-state index in [0.717, 1.165) is 5.56 Å². The van der Waals surface area contributed by atoms with E-state index >= 15 is 0 Å². The van der Waals surface area contributed by atoms with Crippen molar-refractivity contribution in [3.63, 3.8) is 0 Å². The third kappa shape index (κ3) is 2.94. The molecule has 6 nitrogen and oxygen atoms in total. The molecule has 1 aromatic carbocycles. The van der Waals surface area contributed by atoms with Gasteiger partial charge in [0, 0.05) is 25.0 Å². The van der Waals surface area contributed by atoms with E-state index in [1.807, 2.05) is 12.1 Å². The molecule has 19 heavy (non-hydrogen) atoms. The molecule has 0 saturated carbocycles. The van der Waals surface area contributed by atoms with Gasteiger partial charge in [0.15, 0.2) is 0 Å². The highest BCUT2D eigenvalue weighted by atomic mass is 32.2. The zero-order chi connectivity index (χ0) is 13.9. The summed E-state index contributed by atoms with van der Waals surface area (Å²) in [4.78, 5) is 0.171. The van der Waals surface area contributed by atoms with Gasteiger partial charge in [0.1, 0.15) is 4.90 Å². The SMILES string of the molecule is CCN(Cc1ccc(N)cc1)S(=O)(=O)c1cn[nH]c1. The van der Waals surface area contributed by atoms with Crippen LogP contribution < -0.4 is 5.73 Å². The van der Waals surface area contributed by atoms with Crippen LogP contribution in [0.5, 0.6) is 0 Å². The van der Waals surface area contributed by atoms with Crippen molar-refractivity contribution in [3.05, 3.63) is 42.2 Å². The lowest BCUT2D eigenvalue weighted by Crippen LogP contribution is -2.30. The van der Waals surface area contributed by atoms with Crippen molar-refractivity contribution in [2.24, 2.45) is 0 Å². The fraction of sp³-hybridized carbons (Fsp3) is 0.250. The Morgan fingerprint density at radius 3 is 2.53 bits per heavy atom. The number of nitrogen functional groups attached to an aromatic ring is 1. The second-order valence-corrected chi connectivity index (χ2v) is 6.04. The van der Waals surface area contributed by atoms with Crippen LogP contribution in [0.25, 0.3) is 0 Å². The molecule has 0 aliphatic heterocycles. The minimum Gasteiger partial charge on any atom is -0.399 e. The van der Waals surface area contributed by atoms with E-state index in [4.69, 9.17) is 5.73 Å². The van der Waals surface area contributed by atoms with Gasteiger partial charge in [0.05, 0.1) is 6.20 Å². The first-order valence-electron chi connectivity index (χ1n) is 5.87. The summed E-state index contributed by atoms with van der Waals surface area (Å²) in [5, 5.41) is 6.19. The largest absolute Gasteiger partial charge is 0.399 e. The molecule has 1 heterocycles. The molecule has 0 radical (unpaired) electrons. The first-order chi connectivity index (χ1) is 9.04. The maximum Gasteiger partial charge on any atom is 0.246 e. The van der Waals surface area contributed by atoms with Gasteiger partial charge in [-0.1, -0.05) is 19.1 Å². The molecule has 0 saturated heterocycles. The van der Waals surface area contributed by atoms with Crippen molar-refractivity contribution >= 4 is 15.7 Å². The molecule has 102 valence electrons. The number of aromatic nitrogens is 2. The highest BCUT2D eigenvalue weighted by Crippen LogP contribution is 2.17. The Kier molecular flexibility index (Phi) is 3.87. The van der Waals surface area contributed by atoms with Crippen molar-refractivity contribution in [1.29, 1.82) is 0 Å². The summed E-state index contributed by atoms with van der Waals surface area (Å²) < 4.78 is 26.1. The van der Waals surface area contributed by atoms with Gasteiger partial charge in [-0.25, -0.2) is 8.42 Å². The fourth-order valence-corrected chi connectivity index (χ4v) is 3.07. The number of hydrogen-bond donors (Lipinski definition) is 2. The molecule has 0 atom stereocenters. The molecule has 0 bridgehead atoms. The van der Waals surface area contributed by atoms with Crippen LogP contribution in [0.2, 0.25) is 0 Å². The predicted octanol–water partition coefficient (Wildman–Crippen LogP) is 1.20. The summed E-state index contributed by atoms with van der Waals surface area (Å²) >= 11 is 0. The van der Waals surface area contributed by atoms with Crippen molar-refractivity contribution in [1.82, 2.24) is 14.5 Å². The zero-order valence-corrected chi connectivity index (χ0v) is 11.4. The fourth-order valence-electron chi connectivity index (χ4n) is 1.72. The topological polar surface area (TPSA) is 92.1 Å². The summed E-state index contributed by atoms with van der Waals surface area (Å²) in [6.07, 6.45) is 2.68. The van der Waals surface area contributed by atoms with Crippen LogP contribution in [0, 0.1) is 0 Å². The number of benzene rings is 1. The average Bonchev–Trinajstić information content (AvgIpc) is 2.92. The number of H-pyrrole nitrogens is 1. The van der Waals surface area contributed by atoms with Gasteiger partial charge in [0.25, 0.3) is 0 Å². The number of nitrogens with zero attached hydrogens (tertiary/aromatic N) is 2. The highest BCUT2D eigenvalue weighted by molar-refractivity contribution is 7.89. The Morgan fingerprint density at radius 2 is 2.00 bits per heavy atom. The van der Waals surface area contributed by atoms with Gasteiger partial charge in [-0.05, 0) is 17.7 Å². The predicted molar refractivity (Wildman–Crippen MR) is 72.7 cm³/mol. The summed E-state index contributed by atoms with van der Waals surface area (Å²) in [6, 6.07) is 7.16. The molecular weight excluding hydrogens is 264 g/mol. The number of hydrogen-bond acceptors (Lipinski definition) is 4. The highest BCUT2D eigenvalue weighted by Gasteiger charge is 2.23. The van der Waals surface area contributed by atoms with Crippen molar-refractivity contribution in [2.75, 3.05) is 12.3 Å². The van der Waals surface area contributed by atoms with Crippen LogP contribution in [0.3, 0.4) is 0 Å². The third-order valence-corrected chi connectivity index (χ3v) is 4.69. The molecule has 0 spiro atoms. The maximum absolute atomic E-state index is 12.3. The first-order valence-corrected chi connectivity index (χ1v) is 7.31. The van der Waals surface area contributed by atoms with E-state index < -0.39 is 10.0 Å². The molecule has 0 amide bonds. The molecule has 0 aliphatic carbocycles. The minimum atomic E-state index is -3.51. The van der Waals surface area contributed by atoms with E-state index in [1.54, 1.807) is 19.1 Å². The van der Waals surface area contributed by atoms with Gasteiger partial charge in [-0.15, -0.1) is 0 Å². The molecule has 0 fully saturated rings. The van der Waals surface area contributed by atoms with E-state index in [0.29, 0.717) is 18.8 Å². The lowest BCUT2D eigenvalue weighted by molar-refractivity contribution is 0.423. The standard InChI is InChI=1S/C12H16N4O2S/c1-2-16(9-10-3-5-11(13)6-4-10)19(17,18)12-7-14-15-8-12/h3-8H,2,9,13H2,1H3,(H,14,15). The molecule has 2 rings (SSSR count). The molecule has 0 unspecified atom stereocenters. The van der Waals surface area contributed by atoms with Crippen LogP contribution in [0.15, 0.2) is 41.6 Å². The van der Waals surface area contributed by atoms with E-state index in [-0.39, 0.29) is 4.90 Å². The summed E-state index contributed by atoms with van der Waals surface area (Å²) in [5.74, 6) is 0. The molecular formula is C12H16N4O2S. The maximum atomic E-state index is 12.3. The lowest BCUT2D eigenvalue weighted by Gasteiger charge is -2.19. The quantitative estimate of drug-likeness (QED) is 0.805. The normalized spacial score (nSPS) is 11.9. The van der Waals surface area contributed by atoms with Gasteiger partial charge >= 0.3 is 0 Å². The van der Waals surface area contributed by atoms with Gasteiger partial charge in [-0.3, -0.25) is 5.10 Å². The molecule has 3 N–H and O–H groups in total. The number of nitrogens with two attached hydrogens (primary N) is 1. The second kappa shape index (κ2) is 5.41. The average molecular weight is 280 g/mol. The zero-order valence-electron chi connectivity index (χ0n) is 10.6. The molecule has 2 aromatic rings. The van der Waals surface area contributed by atoms with E-state index in [9.17, 15) is 8.42 Å². The Morgan fingerprint density at radius 1 is 1.32 bits per heavy atom. The van der Waals surface area contributed by atoms with Crippen molar-refractivity contribution in [2.45, 2.75) is 18.4 Å².